The second kappa shape index (κ2) is 9.18. The maximum atomic E-state index is 12.4. The molecule has 0 aliphatic heterocycles. The number of methoxy groups -OCH3 is 1. The number of benzene rings is 2. The zero-order valence-corrected chi connectivity index (χ0v) is 16.5. The number of hydrogen-bond acceptors (Lipinski definition) is 6. The minimum atomic E-state index is -3.40. The number of esters is 1. The number of nitrogens with one attached hydrogen (secondary N) is 1. The lowest BCUT2D eigenvalue weighted by Gasteiger charge is -2.11. The van der Waals surface area contributed by atoms with Crippen molar-refractivity contribution in [1.82, 2.24) is 0 Å². The van der Waals surface area contributed by atoms with E-state index in [1.807, 2.05) is 0 Å². The molecule has 7 nitrogen and oxygen atoms in total. The molecule has 2 rings (SSSR count). The summed E-state index contributed by atoms with van der Waals surface area (Å²) in [5, 5.41) is 0. The lowest BCUT2D eigenvalue weighted by atomic mass is 10.1. The summed E-state index contributed by atoms with van der Waals surface area (Å²) in [4.78, 5) is 24.3. The molecule has 0 heterocycles. The van der Waals surface area contributed by atoms with Crippen LogP contribution in [0.1, 0.15) is 22.8 Å². The van der Waals surface area contributed by atoms with E-state index in [4.69, 9.17) is 9.47 Å². The van der Waals surface area contributed by atoms with E-state index in [2.05, 4.69) is 4.72 Å². The van der Waals surface area contributed by atoms with Crippen molar-refractivity contribution in [2.45, 2.75) is 13.0 Å². The van der Waals surface area contributed by atoms with Crippen LogP contribution < -0.4 is 9.46 Å². The van der Waals surface area contributed by atoms with Crippen LogP contribution in [0.25, 0.3) is 6.08 Å². The first kappa shape index (κ1) is 21.2. The standard InChI is InChI=1S/C20H21NO6S/c1-14(20(23)16-8-10-17(11-9-16)21-28(3,24)25)27-19(22)12-7-15-5-4-6-18(13-15)26-2/h4-14,21H,1-3H3/b12-7+. The summed E-state index contributed by atoms with van der Waals surface area (Å²) < 4.78 is 35.0. The van der Waals surface area contributed by atoms with Gasteiger partial charge in [0.1, 0.15) is 5.75 Å². The Morgan fingerprint density at radius 2 is 1.79 bits per heavy atom. The first-order valence-corrected chi connectivity index (χ1v) is 10.2. The van der Waals surface area contributed by atoms with Crippen LogP contribution in [0.3, 0.4) is 0 Å². The Bertz CT molecular complexity index is 980. The fraction of sp³-hybridized carbons (Fsp3) is 0.200. The summed E-state index contributed by atoms with van der Waals surface area (Å²) in [6, 6.07) is 13.0. The van der Waals surface area contributed by atoms with Crippen LogP contribution in [0.15, 0.2) is 54.6 Å². The van der Waals surface area contributed by atoms with E-state index in [1.165, 1.54) is 37.3 Å². The highest BCUT2D eigenvalue weighted by molar-refractivity contribution is 7.92. The van der Waals surface area contributed by atoms with E-state index in [9.17, 15) is 18.0 Å². The number of anilines is 1. The van der Waals surface area contributed by atoms with Gasteiger partial charge in [0.2, 0.25) is 15.8 Å². The molecular weight excluding hydrogens is 382 g/mol. The summed E-state index contributed by atoms with van der Waals surface area (Å²) in [5.74, 6) is -0.388. The largest absolute Gasteiger partial charge is 0.497 e. The molecule has 0 spiro atoms. The average Bonchev–Trinajstić information content (AvgIpc) is 2.65. The van der Waals surface area contributed by atoms with Crippen LogP contribution in [-0.2, 0) is 19.6 Å². The van der Waals surface area contributed by atoms with Crippen molar-refractivity contribution in [3.8, 4) is 5.75 Å². The molecule has 2 aromatic rings. The molecule has 1 N–H and O–H groups in total. The molecule has 0 saturated carbocycles. The molecule has 0 aromatic heterocycles. The summed E-state index contributed by atoms with van der Waals surface area (Å²) in [6.07, 6.45) is 2.84. The Kier molecular flexibility index (Phi) is 6.94. The summed E-state index contributed by atoms with van der Waals surface area (Å²) in [7, 11) is -1.85. The molecular formula is C20H21NO6S. The normalized spacial score (nSPS) is 12.4. The van der Waals surface area contributed by atoms with E-state index in [1.54, 1.807) is 37.5 Å². The van der Waals surface area contributed by atoms with Gasteiger partial charge in [0.15, 0.2) is 6.10 Å². The second-order valence-electron chi connectivity index (χ2n) is 6.00. The fourth-order valence-corrected chi connectivity index (χ4v) is 2.89. The SMILES string of the molecule is COc1cccc(/C=C/C(=O)OC(C)C(=O)c2ccc(NS(C)(=O)=O)cc2)c1. The minimum Gasteiger partial charge on any atom is -0.497 e. The minimum absolute atomic E-state index is 0.302. The van der Waals surface area contributed by atoms with Crippen LogP contribution in [0, 0.1) is 0 Å². The number of ether oxygens (including phenoxy) is 2. The number of hydrogen-bond donors (Lipinski definition) is 1. The third kappa shape index (κ3) is 6.55. The molecule has 2 aromatic carbocycles. The molecule has 28 heavy (non-hydrogen) atoms. The van der Waals surface area contributed by atoms with Crippen molar-refractivity contribution in [2.75, 3.05) is 18.1 Å². The number of carbonyl (C=O) groups is 2. The Morgan fingerprint density at radius 1 is 1.11 bits per heavy atom. The molecule has 1 unspecified atom stereocenters. The molecule has 148 valence electrons. The van der Waals surface area contributed by atoms with Crippen LogP contribution in [0.5, 0.6) is 5.75 Å². The van der Waals surface area contributed by atoms with E-state index in [0.717, 1.165) is 11.8 Å². The number of rotatable bonds is 8. The summed E-state index contributed by atoms with van der Waals surface area (Å²) in [5.41, 5.74) is 1.39. The first-order valence-electron chi connectivity index (χ1n) is 8.33. The van der Waals surface area contributed by atoms with Gasteiger partial charge in [-0.1, -0.05) is 12.1 Å². The van der Waals surface area contributed by atoms with Gasteiger partial charge in [-0.05, 0) is 55.0 Å². The highest BCUT2D eigenvalue weighted by atomic mass is 32.2. The van der Waals surface area contributed by atoms with Gasteiger partial charge in [-0.2, -0.15) is 0 Å². The quantitative estimate of drug-likeness (QED) is 0.413. The smallest absolute Gasteiger partial charge is 0.331 e. The lowest BCUT2D eigenvalue weighted by Crippen LogP contribution is -2.23. The van der Waals surface area contributed by atoms with E-state index in [0.29, 0.717) is 17.0 Å². The third-order valence-corrected chi connectivity index (χ3v) is 4.25. The van der Waals surface area contributed by atoms with Crippen LogP contribution in [0.2, 0.25) is 0 Å². The van der Waals surface area contributed by atoms with E-state index in [-0.39, 0.29) is 0 Å². The molecule has 0 saturated heterocycles. The molecule has 0 fully saturated rings. The molecule has 0 bridgehead atoms. The first-order chi connectivity index (χ1) is 13.2. The molecule has 0 aliphatic carbocycles. The number of sulfonamides is 1. The average molecular weight is 403 g/mol. The zero-order valence-electron chi connectivity index (χ0n) is 15.7. The van der Waals surface area contributed by atoms with Gasteiger partial charge in [0, 0.05) is 17.3 Å². The van der Waals surface area contributed by atoms with Crippen LogP contribution >= 0.6 is 0 Å². The molecule has 8 heteroatoms. The number of carbonyl (C=O) groups excluding carboxylic acids is 2. The highest BCUT2D eigenvalue weighted by Gasteiger charge is 2.18. The van der Waals surface area contributed by atoms with Gasteiger partial charge in [0.05, 0.1) is 13.4 Å². The van der Waals surface area contributed by atoms with Gasteiger partial charge >= 0.3 is 5.97 Å². The van der Waals surface area contributed by atoms with Gasteiger partial charge < -0.3 is 9.47 Å². The third-order valence-electron chi connectivity index (χ3n) is 3.64. The molecule has 0 aliphatic rings. The van der Waals surface area contributed by atoms with Gasteiger partial charge in [-0.25, -0.2) is 13.2 Å². The molecule has 1 atom stereocenters. The van der Waals surface area contributed by atoms with Crippen LogP contribution in [0.4, 0.5) is 5.69 Å². The maximum Gasteiger partial charge on any atom is 0.331 e. The fourth-order valence-electron chi connectivity index (χ4n) is 2.33. The predicted octanol–water partition coefficient (Wildman–Crippen LogP) is 2.89. The highest BCUT2D eigenvalue weighted by Crippen LogP contribution is 2.15. The van der Waals surface area contributed by atoms with E-state index >= 15 is 0 Å². The van der Waals surface area contributed by atoms with Gasteiger partial charge in [-0.3, -0.25) is 9.52 Å². The van der Waals surface area contributed by atoms with Crippen molar-refractivity contribution in [3.63, 3.8) is 0 Å². The van der Waals surface area contributed by atoms with E-state index < -0.39 is 27.9 Å². The van der Waals surface area contributed by atoms with Crippen molar-refractivity contribution in [3.05, 3.63) is 65.7 Å². The number of Topliss-reactive ketones (excluding diaryl/α,β-unsaturated/α-hetero) is 1. The summed E-state index contributed by atoms with van der Waals surface area (Å²) in [6.45, 7) is 1.47. The topological polar surface area (TPSA) is 98.8 Å². The van der Waals surface area contributed by atoms with Crippen molar-refractivity contribution < 1.29 is 27.5 Å². The predicted molar refractivity (Wildman–Crippen MR) is 107 cm³/mol. The zero-order chi connectivity index (χ0) is 20.7. The second-order valence-corrected chi connectivity index (χ2v) is 7.75. The molecule has 0 radical (unpaired) electrons. The van der Waals surface area contributed by atoms with Crippen molar-refractivity contribution in [2.24, 2.45) is 0 Å². The number of ketones is 1. The van der Waals surface area contributed by atoms with Crippen molar-refractivity contribution >= 4 is 33.5 Å². The van der Waals surface area contributed by atoms with Gasteiger partial charge in [0.25, 0.3) is 0 Å². The van der Waals surface area contributed by atoms with Crippen molar-refractivity contribution in [1.29, 1.82) is 0 Å². The molecule has 0 amide bonds. The Hall–Kier alpha value is -3.13. The maximum absolute atomic E-state index is 12.4. The summed E-state index contributed by atoms with van der Waals surface area (Å²) >= 11 is 0. The van der Waals surface area contributed by atoms with Gasteiger partial charge in [-0.15, -0.1) is 0 Å². The Balaban J connectivity index is 1.97. The van der Waals surface area contributed by atoms with Crippen LogP contribution in [-0.4, -0.2) is 39.6 Å². The monoisotopic (exact) mass is 403 g/mol. The Morgan fingerprint density at radius 3 is 2.39 bits per heavy atom. The Labute approximate surface area is 164 Å². The lowest BCUT2D eigenvalue weighted by molar-refractivity contribution is -0.140.